The first-order chi connectivity index (χ1) is 10.9. The van der Waals surface area contributed by atoms with Crippen LogP contribution < -0.4 is 0 Å². The minimum Gasteiger partial charge on any atom is -0.342 e. The van der Waals surface area contributed by atoms with Crippen LogP contribution in [0.3, 0.4) is 0 Å². The van der Waals surface area contributed by atoms with E-state index in [0.29, 0.717) is 5.92 Å². The summed E-state index contributed by atoms with van der Waals surface area (Å²) in [6.45, 7) is 14.4. The lowest BCUT2D eigenvalue weighted by Gasteiger charge is -2.27. The third-order valence-corrected chi connectivity index (χ3v) is 5.60. The van der Waals surface area contributed by atoms with Crippen LogP contribution in [0.15, 0.2) is 0 Å². The van der Waals surface area contributed by atoms with Crippen LogP contribution in [-0.2, 0) is 14.4 Å². The molecule has 0 aromatic heterocycles. The summed E-state index contributed by atoms with van der Waals surface area (Å²) in [6.07, 6.45) is 1.54. The lowest BCUT2D eigenvalue weighted by molar-refractivity contribution is -0.141. The van der Waals surface area contributed by atoms with E-state index in [1.54, 1.807) is 0 Å². The van der Waals surface area contributed by atoms with Gasteiger partial charge < -0.3 is 4.90 Å². The molecular weight excluding hydrogens is 304 g/mol. The Kier molecular flexibility index (Phi) is 5.12. The van der Waals surface area contributed by atoms with Gasteiger partial charge in [-0.05, 0) is 23.2 Å². The highest BCUT2D eigenvalue weighted by Crippen LogP contribution is 2.36. The number of amides is 3. The van der Waals surface area contributed by atoms with Gasteiger partial charge in [-0.25, -0.2) is 0 Å². The topological polar surface area (TPSA) is 57.7 Å². The van der Waals surface area contributed by atoms with Crippen molar-refractivity contribution in [2.45, 2.75) is 60.8 Å². The van der Waals surface area contributed by atoms with Crippen LogP contribution in [0.1, 0.15) is 60.8 Å². The number of hydrogen-bond acceptors (Lipinski definition) is 3. The van der Waals surface area contributed by atoms with Gasteiger partial charge in [0.15, 0.2) is 0 Å². The molecule has 2 aliphatic rings. The highest BCUT2D eigenvalue weighted by molar-refractivity contribution is 6.04. The predicted molar refractivity (Wildman–Crippen MR) is 93.0 cm³/mol. The van der Waals surface area contributed by atoms with E-state index < -0.39 is 0 Å². The zero-order valence-electron chi connectivity index (χ0n) is 16.0. The van der Waals surface area contributed by atoms with Crippen LogP contribution >= 0.6 is 0 Å². The van der Waals surface area contributed by atoms with Crippen LogP contribution in [0.2, 0.25) is 0 Å². The van der Waals surface area contributed by atoms with E-state index in [2.05, 4.69) is 20.8 Å². The standard InChI is InChI=1S/C19H32N2O3/c1-18(2,3)13-7-9-20(12-13)15(22)8-10-21-16(23)11-14(17(21)24)19(4,5)6/h13-14H,7-12H2,1-6H3/t13-,14?/m0/s1. The van der Waals surface area contributed by atoms with E-state index in [1.165, 1.54) is 4.90 Å². The minimum atomic E-state index is -0.267. The molecule has 2 fully saturated rings. The van der Waals surface area contributed by atoms with Crippen molar-refractivity contribution in [2.24, 2.45) is 22.7 Å². The molecule has 2 aliphatic heterocycles. The van der Waals surface area contributed by atoms with Gasteiger partial charge in [0.05, 0.1) is 5.92 Å². The second-order valence-corrected chi connectivity index (χ2v) is 9.45. The lowest BCUT2D eigenvalue weighted by atomic mass is 9.80. The molecule has 0 N–H and O–H groups in total. The Morgan fingerprint density at radius 3 is 2.17 bits per heavy atom. The molecule has 0 saturated carbocycles. The predicted octanol–water partition coefficient (Wildman–Crippen LogP) is 2.69. The fraction of sp³-hybridized carbons (Fsp3) is 0.842. The number of hydrogen-bond donors (Lipinski definition) is 0. The Bertz CT molecular complexity index is 528. The molecule has 24 heavy (non-hydrogen) atoms. The summed E-state index contributed by atoms with van der Waals surface area (Å²) in [5.74, 6) is 0.0523. The van der Waals surface area contributed by atoms with Gasteiger partial charge in [-0.1, -0.05) is 41.5 Å². The molecule has 0 aromatic rings. The monoisotopic (exact) mass is 336 g/mol. The van der Waals surface area contributed by atoms with Crippen molar-refractivity contribution < 1.29 is 14.4 Å². The molecule has 2 heterocycles. The number of carbonyl (C=O) groups excluding carboxylic acids is 3. The number of imide groups is 1. The number of carbonyl (C=O) groups is 3. The molecule has 1 unspecified atom stereocenters. The van der Waals surface area contributed by atoms with Crippen molar-refractivity contribution in [1.82, 2.24) is 9.80 Å². The van der Waals surface area contributed by atoms with E-state index in [1.807, 2.05) is 25.7 Å². The zero-order valence-corrected chi connectivity index (χ0v) is 16.0. The molecule has 2 rings (SSSR count). The quantitative estimate of drug-likeness (QED) is 0.745. The van der Waals surface area contributed by atoms with Gasteiger partial charge in [0.2, 0.25) is 17.7 Å². The van der Waals surface area contributed by atoms with E-state index in [0.717, 1.165) is 19.5 Å². The molecule has 136 valence electrons. The molecule has 5 nitrogen and oxygen atoms in total. The normalized spacial score (nSPS) is 25.8. The minimum absolute atomic E-state index is 0.0570. The Morgan fingerprint density at radius 1 is 1.08 bits per heavy atom. The molecule has 5 heteroatoms. The van der Waals surface area contributed by atoms with E-state index in [9.17, 15) is 14.4 Å². The Balaban J connectivity index is 1.89. The fourth-order valence-corrected chi connectivity index (χ4v) is 3.65. The zero-order chi connectivity index (χ0) is 18.3. The summed E-state index contributed by atoms with van der Waals surface area (Å²) >= 11 is 0. The van der Waals surface area contributed by atoms with Gasteiger partial charge in [-0.15, -0.1) is 0 Å². The highest BCUT2D eigenvalue weighted by atomic mass is 16.2. The van der Waals surface area contributed by atoms with Crippen molar-refractivity contribution in [3.63, 3.8) is 0 Å². The van der Waals surface area contributed by atoms with Gasteiger partial charge in [0.1, 0.15) is 0 Å². The highest BCUT2D eigenvalue weighted by Gasteiger charge is 2.44. The van der Waals surface area contributed by atoms with Crippen LogP contribution in [0.5, 0.6) is 0 Å². The second kappa shape index (κ2) is 6.49. The summed E-state index contributed by atoms with van der Waals surface area (Å²) in [5, 5.41) is 0. The summed E-state index contributed by atoms with van der Waals surface area (Å²) in [5.41, 5.74) is -0.0176. The van der Waals surface area contributed by atoms with Crippen LogP contribution in [0.25, 0.3) is 0 Å². The third-order valence-electron chi connectivity index (χ3n) is 5.60. The molecule has 2 atom stereocenters. The van der Waals surface area contributed by atoms with E-state index >= 15 is 0 Å². The maximum absolute atomic E-state index is 12.5. The first-order valence-electron chi connectivity index (χ1n) is 9.03. The van der Waals surface area contributed by atoms with E-state index in [-0.39, 0.29) is 53.9 Å². The maximum Gasteiger partial charge on any atom is 0.233 e. The molecule has 0 bridgehead atoms. The molecular formula is C19H32N2O3. The molecule has 2 saturated heterocycles. The SMILES string of the molecule is CC(C)(C)C1CC(=O)N(CCC(=O)N2CC[C@H](C(C)(C)C)C2)C1=O. The van der Waals surface area contributed by atoms with Gasteiger partial charge in [-0.2, -0.15) is 0 Å². The van der Waals surface area contributed by atoms with Crippen molar-refractivity contribution in [2.75, 3.05) is 19.6 Å². The summed E-state index contributed by atoms with van der Waals surface area (Å²) < 4.78 is 0. The summed E-state index contributed by atoms with van der Waals surface area (Å²) in [7, 11) is 0. The fourth-order valence-electron chi connectivity index (χ4n) is 3.65. The van der Waals surface area contributed by atoms with Crippen molar-refractivity contribution in [1.29, 1.82) is 0 Å². The van der Waals surface area contributed by atoms with Gasteiger partial charge in [0, 0.05) is 32.5 Å². The smallest absolute Gasteiger partial charge is 0.233 e. The van der Waals surface area contributed by atoms with Crippen molar-refractivity contribution in [3.05, 3.63) is 0 Å². The first kappa shape index (κ1) is 18.9. The van der Waals surface area contributed by atoms with Gasteiger partial charge in [-0.3, -0.25) is 19.3 Å². The largest absolute Gasteiger partial charge is 0.342 e. The van der Waals surface area contributed by atoms with Gasteiger partial charge >= 0.3 is 0 Å². The number of rotatable bonds is 3. The van der Waals surface area contributed by atoms with Crippen LogP contribution in [-0.4, -0.2) is 47.2 Å². The summed E-state index contributed by atoms with van der Waals surface area (Å²) in [6, 6.07) is 0. The van der Waals surface area contributed by atoms with Crippen LogP contribution in [0.4, 0.5) is 0 Å². The Labute approximate surface area is 145 Å². The van der Waals surface area contributed by atoms with Crippen molar-refractivity contribution in [3.8, 4) is 0 Å². The molecule has 0 spiro atoms. The average Bonchev–Trinajstić information content (AvgIpc) is 3.01. The second-order valence-electron chi connectivity index (χ2n) is 9.45. The lowest BCUT2D eigenvalue weighted by Crippen LogP contribution is -2.38. The first-order valence-corrected chi connectivity index (χ1v) is 9.03. The molecule has 0 radical (unpaired) electrons. The maximum atomic E-state index is 12.5. The molecule has 0 aromatic carbocycles. The Hall–Kier alpha value is -1.39. The third kappa shape index (κ3) is 3.98. The van der Waals surface area contributed by atoms with Crippen LogP contribution in [0, 0.1) is 22.7 Å². The number of likely N-dealkylation sites (tertiary alicyclic amines) is 2. The molecule has 0 aliphatic carbocycles. The van der Waals surface area contributed by atoms with Crippen molar-refractivity contribution >= 4 is 17.7 Å². The van der Waals surface area contributed by atoms with E-state index in [4.69, 9.17) is 0 Å². The van der Waals surface area contributed by atoms with Gasteiger partial charge in [0.25, 0.3) is 0 Å². The summed E-state index contributed by atoms with van der Waals surface area (Å²) in [4.78, 5) is 40.2. The number of nitrogens with zero attached hydrogens (tertiary/aromatic N) is 2. The molecule has 3 amide bonds. The average molecular weight is 336 g/mol. The Morgan fingerprint density at radius 2 is 1.71 bits per heavy atom.